The van der Waals surface area contributed by atoms with Gasteiger partial charge < -0.3 is 4.57 Å². The maximum absolute atomic E-state index is 12.7. The standard InChI is InChI=1S/C21H13NOS/c23-18-13-17(14-7-2-1-3-8-14)22-16-10-4-5-11-19(16)24-20-12-6-9-15(18)21(20)22/h1-13H. The quantitative estimate of drug-likeness (QED) is 0.426. The van der Waals surface area contributed by atoms with Gasteiger partial charge in [-0.15, -0.1) is 0 Å². The molecule has 0 atom stereocenters. The molecular weight excluding hydrogens is 314 g/mol. The van der Waals surface area contributed by atoms with Gasteiger partial charge in [0.2, 0.25) is 0 Å². The molecule has 2 heterocycles. The van der Waals surface area contributed by atoms with Crippen LogP contribution in [0.4, 0.5) is 0 Å². The molecule has 24 heavy (non-hydrogen) atoms. The van der Waals surface area contributed by atoms with Gasteiger partial charge in [-0.2, -0.15) is 0 Å². The smallest absolute Gasteiger partial charge is 0.190 e. The molecule has 2 nitrogen and oxygen atoms in total. The Morgan fingerprint density at radius 3 is 2.38 bits per heavy atom. The minimum Gasteiger partial charge on any atom is -0.307 e. The van der Waals surface area contributed by atoms with Crippen LogP contribution in [0.2, 0.25) is 0 Å². The fraction of sp³-hybridized carbons (Fsp3) is 0. The first-order valence-corrected chi connectivity index (χ1v) is 8.66. The van der Waals surface area contributed by atoms with Crippen molar-refractivity contribution >= 4 is 22.7 Å². The predicted molar refractivity (Wildman–Crippen MR) is 99.1 cm³/mol. The highest BCUT2D eigenvalue weighted by Crippen LogP contribution is 2.43. The molecule has 1 aromatic heterocycles. The average Bonchev–Trinajstić information content (AvgIpc) is 2.64. The fourth-order valence-corrected chi connectivity index (χ4v) is 4.43. The molecule has 4 aromatic rings. The van der Waals surface area contributed by atoms with Crippen molar-refractivity contribution in [1.82, 2.24) is 4.57 Å². The summed E-state index contributed by atoms with van der Waals surface area (Å²) in [5.41, 5.74) is 4.20. The van der Waals surface area contributed by atoms with Gasteiger partial charge >= 0.3 is 0 Å². The Morgan fingerprint density at radius 2 is 1.50 bits per heavy atom. The van der Waals surface area contributed by atoms with E-state index in [1.807, 2.05) is 36.4 Å². The third-order valence-corrected chi connectivity index (χ3v) is 5.51. The minimum absolute atomic E-state index is 0.0712. The number of pyridine rings is 1. The van der Waals surface area contributed by atoms with Gasteiger partial charge in [-0.1, -0.05) is 60.3 Å². The van der Waals surface area contributed by atoms with E-state index >= 15 is 0 Å². The zero-order chi connectivity index (χ0) is 16.1. The van der Waals surface area contributed by atoms with Crippen molar-refractivity contribution in [3.05, 3.63) is 89.1 Å². The van der Waals surface area contributed by atoms with Crippen molar-refractivity contribution < 1.29 is 0 Å². The zero-order valence-electron chi connectivity index (χ0n) is 12.8. The van der Waals surface area contributed by atoms with E-state index in [2.05, 4.69) is 41.0 Å². The number of benzene rings is 3. The van der Waals surface area contributed by atoms with E-state index in [0.717, 1.165) is 32.7 Å². The number of hydrogen-bond donors (Lipinski definition) is 0. The highest BCUT2D eigenvalue weighted by Gasteiger charge is 2.22. The SMILES string of the molecule is O=c1cc(-c2ccccc2)n2c3c(cccc13)Sc1ccccc1-2. The zero-order valence-corrected chi connectivity index (χ0v) is 13.6. The van der Waals surface area contributed by atoms with E-state index < -0.39 is 0 Å². The molecule has 0 N–H and O–H groups in total. The molecule has 5 rings (SSSR count). The molecule has 1 aliphatic heterocycles. The van der Waals surface area contributed by atoms with E-state index in [4.69, 9.17) is 0 Å². The predicted octanol–water partition coefficient (Wildman–Crippen LogP) is 5.12. The normalized spacial score (nSPS) is 12.2. The van der Waals surface area contributed by atoms with Crippen LogP contribution in [-0.2, 0) is 0 Å². The van der Waals surface area contributed by atoms with Gasteiger partial charge in [0.15, 0.2) is 5.43 Å². The Balaban J connectivity index is 2.01. The molecule has 0 bridgehead atoms. The minimum atomic E-state index is 0.0712. The molecule has 114 valence electrons. The number of rotatable bonds is 1. The molecule has 3 heteroatoms. The van der Waals surface area contributed by atoms with Crippen LogP contribution in [0.3, 0.4) is 0 Å². The fourth-order valence-electron chi connectivity index (χ4n) is 3.34. The lowest BCUT2D eigenvalue weighted by molar-refractivity contribution is 1.04. The summed E-state index contributed by atoms with van der Waals surface area (Å²) in [6.07, 6.45) is 0. The lowest BCUT2D eigenvalue weighted by atomic mass is 10.1. The molecular formula is C21H13NOS. The summed E-state index contributed by atoms with van der Waals surface area (Å²) in [6.45, 7) is 0. The van der Waals surface area contributed by atoms with E-state index in [1.54, 1.807) is 17.8 Å². The van der Waals surface area contributed by atoms with Crippen LogP contribution < -0.4 is 5.43 Å². The molecule has 0 saturated carbocycles. The van der Waals surface area contributed by atoms with Gasteiger partial charge in [0.25, 0.3) is 0 Å². The largest absolute Gasteiger partial charge is 0.307 e. The highest BCUT2D eigenvalue weighted by atomic mass is 32.2. The Kier molecular flexibility index (Phi) is 2.91. The first kappa shape index (κ1) is 13.6. The van der Waals surface area contributed by atoms with Crippen molar-refractivity contribution in [3.8, 4) is 16.9 Å². The van der Waals surface area contributed by atoms with Gasteiger partial charge in [0.1, 0.15) is 0 Å². The number of fused-ring (bicyclic) bond motifs is 2. The molecule has 1 aliphatic rings. The Morgan fingerprint density at radius 1 is 0.750 bits per heavy atom. The van der Waals surface area contributed by atoms with Crippen molar-refractivity contribution in [3.63, 3.8) is 0 Å². The summed E-state index contributed by atoms with van der Waals surface area (Å²) >= 11 is 1.73. The second-order valence-electron chi connectivity index (χ2n) is 5.82. The van der Waals surface area contributed by atoms with Crippen molar-refractivity contribution in [1.29, 1.82) is 0 Å². The van der Waals surface area contributed by atoms with Gasteiger partial charge in [-0.3, -0.25) is 4.79 Å². The van der Waals surface area contributed by atoms with Crippen molar-refractivity contribution in [2.75, 3.05) is 0 Å². The summed E-state index contributed by atoms with van der Waals surface area (Å²) in [5.74, 6) is 0. The van der Waals surface area contributed by atoms with Gasteiger partial charge in [-0.05, 0) is 29.8 Å². The van der Waals surface area contributed by atoms with Crippen molar-refractivity contribution in [2.24, 2.45) is 0 Å². The second-order valence-corrected chi connectivity index (χ2v) is 6.90. The third kappa shape index (κ3) is 1.88. The number of hydrogen-bond acceptors (Lipinski definition) is 2. The highest BCUT2D eigenvalue weighted by molar-refractivity contribution is 7.99. The van der Waals surface area contributed by atoms with E-state index in [1.165, 1.54) is 4.90 Å². The number of aromatic nitrogens is 1. The monoisotopic (exact) mass is 327 g/mol. The van der Waals surface area contributed by atoms with Crippen molar-refractivity contribution in [2.45, 2.75) is 9.79 Å². The molecule has 0 fully saturated rings. The molecule has 0 unspecified atom stereocenters. The lowest BCUT2D eigenvalue weighted by Crippen LogP contribution is -2.14. The van der Waals surface area contributed by atoms with Crippen LogP contribution >= 0.6 is 11.8 Å². The molecule has 0 radical (unpaired) electrons. The van der Waals surface area contributed by atoms with Crippen LogP contribution in [0.5, 0.6) is 0 Å². The lowest BCUT2D eigenvalue weighted by Gasteiger charge is -2.25. The number of para-hydroxylation sites is 2. The summed E-state index contributed by atoms with van der Waals surface area (Å²) < 4.78 is 2.23. The van der Waals surface area contributed by atoms with Crippen LogP contribution in [0.1, 0.15) is 0 Å². The molecule has 0 aliphatic carbocycles. The molecule has 3 aromatic carbocycles. The Hall–Kier alpha value is -2.78. The van der Waals surface area contributed by atoms with Crippen LogP contribution in [0.25, 0.3) is 27.8 Å². The second kappa shape index (κ2) is 5.11. The van der Waals surface area contributed by atoms with Gasteiger partial charge in [0, 0.05) is 21.2 Å². The maximum atomic E-state index is 12.7. The molecule has 0 amide bonds. The van der Waals surface area contributed by atoms with E-state index in [9.17, 15) is 4.79 Å². The third-order valence-electron chi connectivity index (χ3n) is 4.39. The van der Waals surface area contributed by atoms with E-state index in [-0.39, 0.29) is 5.43 Å². The first-order chi connectivity index (χ1) is 11.8. The topological polar surface area (TPSA) is 22.0 Å². The van der Waals surface area contributed by atoms with Crippen LogP contribution in [-0.4, -0.2) is 4.57 Å². The van der Waals surface area contributed by atoms with Crippen LogP contribution in [0.15, 0.2) is 93.4 Å². The summed E-state index contributed by atoms with van der Waals surface area (Å²) in [6, 6.07) is 26.2. The van der Waals surface area contributed by atoms with E-state index in [0.29, 0.717) is 0 Å². The van der Waals surface area contributed by atoms with Gasteiger partial charge in [0.05, 0.1) is 16.9 Å². The van der Waals surface area contributed by atoms with Gasteiger partial charge in [-0.25, -0.2) is 0 Å². The summed E-state index contributed by atoms with van der Waals surface area (Å²) in [4.78, 5) is 15.0. The molecule has 0 spiro atoms. The summed E-state index contributed by atoms with van der Waals surface area (Å²) in [5, 5.41) is 0.772. The average molecular weight is 327 g/mol. The Labute approximate surface area is 143 Å². The first-order valence-electron chi connectivity index (χ1n) is 7.84. The molecule has 0 saturated heterocycles. The number of nitrogens with zero attached hydrogens (tertiary/aromatic N) is 1. The Bertz CT molecular complexity index is 1150. The summed E-state index contributed by atoms with van der Waals surface area (Å²) in [7, 11) is 0. The van der Waals surface area contributed by atoms with Crippen LogP contribution in [0, 0.1) is 0 Å². The maximum Gasteiger partial charge on any atom is 0.190 e.